The Morgan fingerprint density at radius 3 is 2.50 bits per heavy atom. The number of aromatic nitrogens is 1. The molecule has 1 aromatic carbocycles. The molecule has 0 radical (unpaired) electrons. The minimum Gasteiger partial charge on any atom is -0.455 e. The standard InChI is InChI=1S/C14H8BrNO2S.CH3NO/c15-9-1-3-10(4-2-9)18-13-6-16-7-14-12(13)5-11(8-17)19-14;2-1-3/h1-8H;1H,(H2,2,3). The number of rotatable bonds is 3. The number of aldehydes is 1. The Hall–Kier alpha value is -2.25. The molecule has 0 atom stereocenters. The van der Waals surface area contributed by atoms with Gasteiger partial charge in [0.1, 0.15) is 5.75 Å². The van der Waals surface area contributed by atoms with E-state index in [4.69, 9.17) is 9.53 Å². The van der Waals surface area contributed by atoms with Crippen LogP contribution in [0.4, 0.5) is 0 Å². The number of nitrogens with zero attached hydrogens (tertiary/aromatic N) is 1. The molecule has 0 bridgehead atoms. The van der Waals surface area contributed by atoms with E-state index in [2.05, 4.69) is 26.6 Å². The van der Waals surface area contributed by atoms with Crippen LogP contribution in [0, 0.1) is 0 Å². The number of hydrogen-bond acceptors (Lipinski definition) is 5. The second kappa shape index (κ2) is 7.67. The molecule has 2 N–H and O–H groups in total. The number of pyridine rings is 1. The fourth-order valence-corrected chi connectivity index (χ4v) is 2.85. The summed E-state index contributed by atoms with van der Waals surface area (Å²) < 4.78 is 7.75. The minimum absolute atomic E-state index is 0.250. The van der Waals surface area contributed by atoms with E-state index in [1.807, 2.05) is 30.3 Å². The molecule has 7 heteroatoms. The smallest absolute Gasteiger partial charge is 0.204 e. The van der Waals surface area contributed by atoms with Crippen molar-refractivity contribution in [1.29, 1.82) is 0 Å². The van der Waals surface area contributed by atoms with Gasteiger partial charge in [-0.15, -0.1) is 11.3 Å². The summed E-state index contributed by atoms with van der Waals surface area (Å²) in [7, 11) is 0. The Kier molecular flexibility index (Phi) is 5.62. The second-order valence-electron chi connectivity index (χ2n) is 4.01. The first kappa shape index (κ1) is 16.1. The first-order valence-corrected chi connectivity index (χ1v) is 7.70. The third kappa shape index (κ3) is 3.90. The Morgan fingerprint density at radius 1 is 1.18 bits per heavy atom. The number of hydrogen-bond donors (Lipinski definition) is 1. The quantitative estimate of drug-likeness (QED) is 0.703. The van der Waals surface area contributed by atoms with Gasteiger partial charge in [-0.1, -0.05) is 15.9 Å². The molecule has 0 spiro atoms. The summed E-state index contributed by atoms with van der Waals surface area (Å²) in [4.78, 5) is 24.2. The molecule has 0 aliphatic heterocycles. The summed E-state index contributed by atoms with van der Waals surface area (Å²) >= 11 is 4.78. The summed E-state index contributed by atoms with van der Waals surface area (Å²) in [5.74, 6) is 1.39. The zero-order chi connectivity index (χ0) is 15.9. The maximum atomic E-state index is 10.8. The molecular weight excluding hydrogens is 368 g/mol. The first-order valence-electron chi connectivity index (χ1n) is 6.09. The van der Waals surface area contributed by atoms with Crippen molar-refractivity contribution in [3.63, 3.8) is 0 Å². The Balaban J connectivity index is 0.000000545. The Morgan fingerprint density at radius 2 is 1.86 bits per heavy atom. The van der Waals surface area contributed by atoms with Crippen molar-refractivity contribution in [2.24, 2.45) is 5.73 Å². The normalized spacial score (nSPS) is 9.68. The summed E-state index contributed by atoms with van der Waals surface area (Å²) in [6, 6.07) is 9.38. The van der Waals surface area contributed by atoms with E-state index in [1.165, 1.54) is 11.3 Å². The van der Waals surface area contributed by atoms with Gasteiger partial charge in [-0.3, -0.25) is 14.6 Å². The Bertz CT molecular complexity index is 787. The molecule has 3 rings (SSSR count). The lowest BCUT2D eigenvalue weighted by atomic mass is 10.3. The fraction of sp³-hybridized carbons (Fsp3) is 0. The number of primary amides is 1. The molecular formula is C15H11BrN2O3S. The number of benzene rings is 1. The van der Waals surface area contributed by atoms with Gasteiger partial charge in [-0.25, -0.2) is 0 Å². The predicted octanol–water partition coefficient (Wildman–Crippen LogP) is 3.77. The highest BCUT2D eigenvalue weighted by Crippen LogP contribution is 2.33. The van der Waals surface area contributed by atoms with Crippen molar-refractivity contribution in [3.05, 3.63) is 52.1 Å². The molecule has 0 fully saturated rings. The van der Waals surface area contributed by atoms with Gasteiger partial charge < -0.3 is 10.5 Å². The van der Waals surface area contributed by atoms with Crippen LogP contribution >= 0.6 is 27.3 Å². The second-order valence-corrected chi connectivity index (χ2v) is 6.04. The fourth-order valence-electron chi connectivity index (χ4n) is 1.72. The van der Waals surface area contributed by atoms with Gasteiger partial charge in [-0.05, 0) is 30.3 Å². The minimum atomic E-state index is 0.250. The summed E-state index contributed by atoms with van der Waals surface area (Å²) in [5.41, 5.74) is 4.17. The van der Waals surface area contributed by atoms with E-state index in [9.17, 15) is 4.79 Å². The number of thiophene rings is 1. The summed E-state index contributed by atoms with van der Waals surface area (Å²) in [6.45, 7) is 0. The average molecular weight is 379 g/mol. The highest BCUT2D eigenvalue weighted by molar-refractivity contribution is 9.10. The van der Waals surface area contributed by atoms with Crippen molar-refractivity contribution in [2.75, 3.05) is 0 Å². The monoisotopic (exact) mass is 378 g/mol. The third-order valence-corrected chi connectivity index (χ3v) is 4.11. The largest absolute Gasteiger partial charge is 0.455 e. The number of carbonyl (C=O) groups is 2. The van der Waals surface area contributed by atoms with E-state index >= 15 is 0 Å². The van der Waals surface area contributed by atoms with Crippen LogP contribution in [0.15, 0.2) is 47.2 Å². The van der Waals surface area contributed by atoms with Crippen molar-refractivity contribution in [2.45, 2.75) is 0 Å². The molecule has 3 aromatic rings. The highest BCUT2D eigenvalue weighted by atomic mass is 79.9. The van der Waals surface area contributed by atoms with E-state index in [0.29, 0.717) is 10.6 Å². The lowest BCUT2D eigenvalue weighted by molar-refractivity contribution is -0.106. The first-order chi connectivity index (χ1) is 10.7. The predicted molar refractivity (Wildman–Crippen MR) is 89.5 cm³/mol. The lowest BCUT2D eigenvalue weighted by Gasteiger charge is -2.06. The topological polar surface area (TPSA) is 82.3 Å². The van der Waals surface area contributed by atoms with Crippen LogP contribution in [0.2, 0.25) is 0 Å². The van der Waals surface area contributed by atoms with Gasteiger partial charge in [0.2, 0.25) is 6.41 Å². The van der Waals surface area contributed by atoms with Crippen molar-refractivity contribution in [1.82, 2.24) is 4.98 Å². The molecule has 2 heterocycles. The van der Waals surface area contributed by atoms with Crippen molar-refractivity contribution >= 4 is 50.0 Å². The van der Waals surface area contributed by atoms with Crippen LogP contribution < -0.4 is 10.5 Å². The number of carbonyl (C=O) groups excluding carboxylic acids is 2. The van der Waals surface area contributed by atoms with Crippen LogP contribution in [0.3, 0.4) is 0 Å². The molecule has 0 saturated heterocycles. The van der Waals surface area contributed by atoms with Crippen LogP contribution in [0.5, 0.6) is 11.5 Å². The molecule has 5 nitrogen and oxygen atoms in total. The van der Waals surface area contributed by atoms with E-state index in [-0.39, 0.29) is 6.41 Å². The summed E-state index contributed by atoms with van der Waals surface area (Å²) in [6.07, 6.45) is 4.49. The lowest BCUT2D eigenvalue weighted by Crippen LogP contribution is -1.85. The molecule has 112 valence electrons. The van der Waals surface area contributed by atoms with Gasteiger partial charge in [0.25, 0.3) is 0 Å². The van der Waals surface area contributed by atoms with Gasteiger partial charge in [0.15, 0.2) is 12.0 Å². The van der Waals surface area contributed by atoms with Crippen LogP contribution in [0.25, 0.3) is 10.1 Å². The van der Waals surface area contributed by atoms with Gasteiger partial charge >= 0.3 is 0 Å². The van der Waals surface area contributed by atoms with Crippen molar-refractivity contribution < 1.29 is 14.3 Å². The third-order valence-electron chi connectivity index (χ3n) is 2.59. The van der Waals surface area contributed by atoms with E-state index < -0.39 is 0 Å². The van der Waals surface area contributed by atoms with Gasteiger partial charge in [-0.2, -0.15) is 0 Å². The number of ether oxygens (including phenoxy) is 1. The molecule has 0 saturated carbocycles. The Labute approximate surface area is 138 Å². The zero-order valence-corrected chi connectivity index (χ0v) is 13.6. The van der Waals surface area contributed by atoms with E-state index in [0.717, 1.165) is 26.6 Å². The number of fused-ring (bicyclic) bond motifs is 1. The van der Waals surface area contributed by atoms with Gasteiger partial charge in [0, 0.05) is 16.1 Å². The summed E-state index contributed by atoms with van der Waals surface area (Å²) in [5, 5.41) is 0.907. The molecule has 0 aliphatic rings. The highest BCUT2D eigenvalue weighted by Gasteiger charge is 2.08. The number of halogens is 1. The van der Waals surface area contributed by atoms with Crippen LogP contribution in [0.1, 0.15) is 9.67 Å². The molecule has 2 aromatic heterocycles. The van der Waals surface area contributed by atoms with Crippen molar-refractivity contribution in [3.8, 4) is 11.5 Å². The maximum absolute atomic E-state index is 10.8. The van der Waals surface area contributed by atoms with Crippen LogP contribution in [-0.2, 0) is 4.79 Å². The van der Waals surface area contributed by atoms with E-state index in [1.54, 1.807) is 12.4 Å². The maximum Gasteiger partial charge on any atom is 0.204 e. The average Bonchev–Trinajstić information content (AvgIpc) is 2.95. The number of nitrogens with two attached hydrogens (primary N) is 1. The zero-order valence-electron chi connectivity index (χ0n) is 11.2. The molecule has 0 unspecified atom stereocenters. The molecule has 22 heavy (non-hydrogen) atoms. The van der Waals surface area contributed by atoms with Crippen LogP contribution in [-0.4, -0.2) is 17.7 Å². The molecule has 1 amide bonds. The number of amides is 1. The molecule has 0 aliphatic carbocycles. The van der Waals surface area contributed by atoms with Gasteiger partial charge in [0.05, 0.1) is 15.8 Å². The SMILES string of the molecule is NC=O.O=Cc1cc2c(Oc3ccc(Br)cc3)cncc2s1.